The van der Waals surface area contributed by atoms with E-state index in [1.165, 1.54) is 12.1 Å². The number of aryl methyl sites for hydroxylation is 2. The second kappa shape index (κ2) is 10.7. The number of hydrogen-bond acceptors (Lipinski definition) is 8. The first-order valence-corrected chi connectivity index (χ1v) is 12.9. The molecule has 5 rings (SSSR count). The molecule has 13 heteroatoms. The van der Waals surface area contributed by atoms with E-state index in [2.05, 4.69) is 35.7 Å². The van der Waals surface area contributed by atoms with Crippen LogP contribution in [0.15, 0.2) is 24.4 Å². The maximum absolute atomic E-state index is 15.2. The molecule has 1 aromatic carbocycles. The number of aromatic amines is 1. The summed E-state index contributed by atoms with van der Waals surface area (Å²) in [6.07, 6.45) is -2.01. The molecule has 0 spiro atoms. The first-order chi connectivity index (χ1) is 18.5. The number of nitrogens with one attached hydrogen (secondary N) is 3. The molecule has 0 unspecified atom stereocenters. The molecule has 210 valence electrons. The Labute approximate surface area is 222 Å². The van der Waals surface area contributed by atoms with Crippen molar-refractivity contribution in [1.82, 2.24) is 25.1 Å². The van der Waals surface area contributed by atoms with Gasteiger partial charge in [-0.1, -0.05) is 0 Å². The Morgan fingerprint density at radius 1 is 1.00 bits per heavy atom. The van der Waals surface area contributed by atoms with Crippen molar-refractivity contribution in [2.24, 2.45) is 0 Å². The number of anilines is 4. The molecular weight excluding hydrogens is 518 g/mol. The van der Waals surface area contributed by atoms with Crippen molar-refractivity contribution in [3.05, 3.63) is 52.6 Å². The smallest absolute Gasteiger partial charge is 0.389 e. The van der Waals surface area contributed by atoms with Crippen molar-refractivity contribution < 1.29 is 27.8 Å². The molecule has 2 aromatic heterocycles. The normalized spacial score (nSPS) is 24.2. The Bertz CT molecular complexity index is 1310. The molecule has 39 heavy (non-hydrogen) atoms. The van der Waals surface area contributed by atoms with Gasteiger partial charge in [-0.3, -0.25) is 10.00 Å². The fourth-order valence-electron chi connectivity index (χ4n) is 5.55. The zero-order valence-electron chi connectivity index (χ0n) is 21.6. The largest absolute Gasteiger partial charge is 0.421 e. The number of aliphatic hydroxyl groups excluding tert-OH is 2. The van der Waals surface area contributed by atoms with Crippen molar-refractivity contribution >= 4 is 23.3 Å². The van der Waals surface area contributed by atoms with Gasteiger partial charge >= 0.3 is 6.18 Å². The first-order valence-electron chi connectivity index (χ1n) is 12.9. The summed E-state index contributed by atoms with van der Waals surface area (Å²) in [4.78, 5) is 9.87. The van der Waals surface area contributed by atoms with Crippen LogP contribution in [-0.4, -0.2) is 66.6 Å². The molecule has 0 radical (unpaired) electrons. The number of aliphatic hydroxyl groups is 2. The van der Waals surface area contributed by atoms with Crippen LogP contribution in [0.3, 0.4) is 0 Å². The van der Waals surface area contributed by atoms with Crippen LogP contribution < -0.4 is 10.6 Å². The Balaban J connectivity index is 1.30. The molecule has 2 atom stereocenters. The molecule has 1 aliphatic heterocycles. The number of benzene rings is 1. The monoisotopic (exact) mass is 549 g/mol. The molecule has 2 aliphatic rings. The van der Waals surface area contributed by atoms with Gasteiger partial charge < -0.3 is 20.8 Å². The standard InChI is InChI=1S/C26H31F4N7O2/c1-13-7-20(19(27)9-17(13)15-3-5-16(6-4-15)37-11-21(38)22(39)12-37)32-25-31-10-18(26(28,29)30)24(34-25)33-23-8-14(2)35-36-23/h7-10,15-16,21-22,38-39H,3-6,11-12H2,1-2H3,(H3,31,32,33,34,35,36)/t15?,16?,21-,22-/m0/s1. The van der Waals surface area contributed by atoms with Crippen LogP contribution in [0.25, 0.3) is 0 Å². The zero-order chi connectivity index (χ0) is 27.9. The maximum Gasteiger partial charge on any atom is 0.421 e. The van der Waals surface area contributed by atoms with Gasteiger partial charge in [-0.05, 0) is 68.7 Å². The number of hydrogen-bond donors (Lipinski definition) is 5. The first kappa shape index (κ1) is 27.3. The maximum atomic E-state index is 15.2. The van der Waals surface area contributed by atoms with E-state index in [0.717, 1.165) is 36.8 Å². The van der Waals surface area contributed by atoms with E-state index in [1.54, 1.807) is 13.0 Å². The molecule has 1 saturated carbocycles. The molecule has 0 amide bonds. The van der Waals surface area contributed by atoms with Crippen LogP contribution >= 0.6 is 0 Å². The van der Waals surface area contributed by atoms with E-state index in [9.17, 15) is 23.4 Å². The Hall–Kier alpha value is -3.29. The molecule has 1 saturated heterocycles. The quantitative estimate of drug-likeness (QED) is 0.285. The van der Waals surface area contributed by atoms with E-state index < -0.39 is 35.6 Å². The van der Waals surface area contributed by atoms with E-state index >= 15 is 4.39 Å². The second-order valence-corrected chi connectivity index (χ2v) is 10.4. The summed E-state index contributed by atoms with van der Waals surface area (Å²) in [7, 11) is 0. The lowest BCUT2D eigenvalue weighted by atomic mass is 9.79. The molecule has 5 N–H and O–H groups in total. The van der Waals surface area contributed by atoms with Crippen molar-refractivity contribution in [3.8, 4) is 0 Å². The highest BCUT2D eigenvalue weighted by Gasteiger charge is 2.37. The van der Waals surface area contributed by atoms with E-state index in [-0.39, 0.29) is 29.4 Å². The molecule has 2 fully saturated rings. The van der Waals surface area contributed by atoms with Crippen LogP contribution in [0, 0.1) is 19.7 Å². The predicted molar refractivity (Wildman–Crippen MR) is 137 cm³/mol. The average Bonchev–Trinajstić information content (AvgIpc) is 3.44. The van der Waals surface area contributed by atoms with Gasteiger partial charge in [0.25, 0.3) is 0 Å². The molecule has 0 bridgehead atoms. The van der Waals surface area contributed by atoms with Crippen LogP contribution in [0.5, 0.6) is 0 Å². The van der Waals surface area contributed by atoms with Crippen LogP contribution in [-0.2, 0) is 6.18 Å². The molecular formula is C26H31F4N7O2. The minimum Gasteiger partial charge on any atom is -0.389 e. The SMILES string of the molecule is Cc1cc(Nc2nc(Nc3cc(C)c(C4CCC(N5C[C@H](O)[C@@H](O)C5)CC4)cc3F)ncc2C(F)(F)F)n[nH]1. The summed E-state index contributed by atoms with van der Waals surface area (Å²) < 4.78 is 55.8. The number of halogens is 4. The highest BCUT2D eigenvalue weighted by atomic mass is 19.4. The number of likely N-dealkylation sites (tertiary alicyclic amines) is 1. The van der Waals surface area contributed by atoms with Crippen molar-refractivity contribution in [2.45, 2.75) is 69.9 Å². The van der Waals surface area contributed by atoms with Crippen molar-refractivity contribution in [1.29, 1.82) is 0 Å². The number of aromatic nitrogens is 4. The number of rotatable bonds is 6. The number of alkyl halides is 3. The van der Waals surface area contributed by atoms with Gasteiger partial charge in [-0.15, -0.1) is 0 Å². The lowest BCUT2D eigenvalue weighted by Crippen LogP contribution is -2.37. The molecule has 3 aromatic rings. The predicted octanol–water partition coefficient (Wildman–Crippen LogP) is 4.53. The van der Waals surface area contributed by atoms with Gasteiger partial charge in [0.15, 0.2) is 5.82 Å². The summed E-state index contributed by atoms with van der Waals surface area (Å²) in [5.41, 5.74) is 1.38. The lowest BCUT2D eigenvalue weighted by molar-refractivity contribution is -0.137. The Morgan fingerprint density at radius 3 is 2.31 bits per heavy atom. The highest BCUT2D eigenvalue weighted by molar-refractivity contribution is 5.62. The summed E-state index contributed by atoms with van der Waals surface area (Å²) in [6, 6.07) is 4.91. The fourth-order valence-corrected chi connectivity index (χ4v) is 5.55. The van der Waals surface area contributed by atoms with Crippen LogP contribution in [0.1, 0.15) is 54.0 Å². The van der Waals surface area contributed by atoms with Gasteiger partial charge in [0.2, 0.25) is 5.95 Å². The van der Waals surface area contributed by atoms with Gasteiger partial charge in [0.05, 0.1) is 17.9 Å². The highest BCUT2D eigenvalue weighted by Crippen LogP contribution is 2.39. The number of β-amino-alcohol motifs (C(OH)–C–C–N with tert-alkyl or cyclic N) is 2. The Morgan fingerprint density at radius 2 is 1.69 bits per heavy atom. The third-order valence-electron chi connectivity index (χ3n) is 7.59. The van der Waals surface area contributed by atoms with Crippen molar-refractivity contribution in [3.63, 3.8) is 0 Å². The van der Waals surface area contributed by atoms with Gasteiger partial charge in [0.1, 0.15) is 17.2 Å². The number of H-pyrrole nitrogens is 1. The Kier molecular flexibility index (Phi) is 7.49. The minimum atomic E-state index is -4.71. The summed E-state index contributed by atoms with van der Waals surface area (Å²) in [5, 5.41) is 31.5. The molecule has 9 nitrogen and oxygen atoms in total. The number of nitrogens with zero attached hydrogens (tertiary/aromatic N) is 4. The van der Waals surface area contributed by atoms with E-state index in [0.29, 0.717) is 25.0 Å². The third kappa shape index (κ3) is 5.99. The minimum absolute atomic E-state index is 0.0614. The summed E-state index contributed by atoms with van der Waals surface area (Å²) in [6.45, 7) is 4.52. The van der Waals surface area contributed by atoms with E-state index in [1.807, 2.05) is 6.92 Å². The topological polar surface area (TPSA) is 122 Å². The molecule has 3 heterocycles. The van der Waals surface area contributed by atoms with Crippen LogP contribution in [0.2, 0.25) is 0 Å². The lowest BCUT2D eigenvalue weighted by Gasteiger charge is -2.35. The zero-order valence-corrected chi connectivity index (χ0v) is 21.6. The second-order valence-electron chi connectivity index (χ2n) is 10.4. The van der Waals surface area contributed by atoms with Gasteiger partial charge in [-0.25, -0.2) is 9.37 Å². The summed E-state index contributed by atoms with van der Waals surface area (Å²) in [5.74, 6) is -0.933. The van der Waals surface area contributed by atoms with Gasteiger partial charge in [0, 0.05) is 37.1 Å². The van der Waals surface area contributed by atoms with Gasteiger partial charge in [-0.2, -0.15) is 23.3 Å². The summed E-state index contributed by atoms with van der Waals surface area (Å²) >= 11 is 0. The fraction of sp³-hybridized carbons (Fsp3) is 0.500. The molecule has 1 aliphatic carbocycles. The van der Waals surface area contributed by atoms with Crippen molar-refractivity contribution in [2.75, 3.05) is 23.7 Å². The third-order valence-corrected chi connectivity index (χ3v) is 7.59. The average molecular weight is 550 g/mol. The van der Waals surface area contributed by atoms with E-state index in [4.69, 9.17) is 0 Å². The van der Waals surface area contributed by atoms with Crippen LogP contribution in [0.4, 0.5) is 40.8 Å².